The van der Waals surface area contributed by atoms with E-state index in [0.29, 0.717) is 32.4 Å². The predicted octanol–water partition coefficient (Wildman–Crippen LogP) is 6.22. The van der Waals surface area contributed by atoms with Crippen molar-refractivity contribution in [1.29, 1.82) is 0 Å². The smallest absolute Gasteiger partial charge is 0.259 e. The molecule has 0 radical (unpaired) electrons. The Morgan fingerprint density at radius 3 is 2.46 bits per heavy atom. The lowest BCUT2D eigenvalue weighted by Crippen LogP contribution is -2.12. The van der Waals surface area contributed by atoms with E-state index in [0.717, 1.165) is 4.88 Å². The molecule has 4 aromatic rings. The summed E-state index contributed by atoms with van der Waals surface area (Å²) in [5, 5.41) is 3.87. The van der Waals surface area contributed by atoms with E-state index in [-0.39, 0.29) is 5.56 Å². The van der Waals surface area contributed by atoms with Crippen LogP contribution < -0.4 is 5.32 Å². The summed E-state index contributed by atoms with van der Waals surface area (Å²) >= 11 is 13.3. The average molecular weight is 405 g/mol. The molecular weight excluding hydrogens is 395 g/mol. The highest BCUT2D eigenvalue weighted by atomic mass is 35.5. The first-order valence-corrected chi connectivity index (χ1v) is 9.04. The molecule has 0 aliphatic heterocycles. The molecule has 0 bridgehead atoms. The van der Waals surface area contributed by atoms with Gasteiger partial charge in [-0.15, -0.1) is 0 Å². The van der Waals surface area contributed by atoms with Crippen LogP contribution in [0.4, 0.5) is 5.13 Å². The molecular formula is C18H10Cl2N2O3S. The van der Waals surface area contributed by atoms with E-state index < -0.39 is 5.91 Å². The summed E-state index contributed by atoms with van der Waals surface area (Å²) in [7, 11) is 0. The topological polar surface area (TPSA) is 68.3 Å². The quantitative estimate of drug-likeness (QED) is 0.438. The van der Waals surface area contributed by atoms with Gasteiger partial charge in [0.2, 0.25) is 0 Å². The Bertz CT molecular complexity index is 1000. The number of halogens is 2. The fourth-order valence-corrected chi connectivity index (χ4v) is 3.67. The number of rotatable bonds is 4. The fourth-order valence-electron chi connectivity index (χ4n) is 2.36. The number of carbonyl (C=O) groups is 1. The van der Waals surface area contributed by atoms with Crippen molar-refractivity contribution in [1.82, 2.24) is 4.98 Å². The molecule has 0 aliphatic rings. The zero-order valence-electron chi connectivity index (χ0n) is 13.0. The summed E-state index contributed by atoms with van der Waals surface area (Å²) in [6.07, 6.45) is 3.13. The van der Waals surface area contributed by atoms with Crippen molar-refractivity contribution in [3.8, 4) is 22.1 Å². The summed E-state index contributed by atoms with van der Waals surface area (Å²) in [6.45, 7) is 0. The molecule has 0 atom stereocenters. The lowest BCUT2D eigenvalue weighted by molar-refractivity contribution is 0.102. The zero-order chi connectivity index (χ0) is 18.1. The number of aromatic nitrogens is 1. The fraction of sp³-hybridized carbons (Fsp3) is 0. The first-order chi connectivity index (χ1) is 12.6. The van der Waals surface area contributed by atoms with E-state index in [9.17, 15) is 4.79 Å². The highest BCUT2D eigenvalue weighted by Gasteiger charge is 2.21. The Labute approximate surface area is 162 Å². The molecule has 1 N–H and O–H groups in total. The highest BCUT2D eigenvalue weighted by Crippen LogP contribution is 2.39. The Balaban J connectivity index is 1.70. The largest absolute Gasteiger partial charge is 0.463 e. The minimum atomic E-state index is -0.400. The average Bonchev–Trinajstić information content (AvgIpc) is 3.37. The SMILES string of the molecule is O=C(Nc1nc(-c2ccco2)c(-c2ccco2)s1)c1cc(Cl)ccc1Cl. The van der Waals surface area contributed by atoms with Crippen molar-refractivity contribution >= 4 is 45.6 Å². The van der Waals surface area contributed by atoms with Crippen LogP contribution in [0.15, 0.2) is 63.8 Å². The Morgan fingerprint density at radius 1 is 1.04 bits per heavy atom. The molecule has 26 heavy (non-hydrogen) atoms. The van der Waals surface area contributed by atoms with Gasteiger partial charge in [-0.2, -0.15) is 0 Å². The van der Waals surface area contributed by atoms with Crippen molar-refractivity contribution in [2.75, 3.05) is 5.32 Å². The third-order valence-corrected chi connectivity index (χ3v) is 5.07. The number of hydrogen-bond donors (Lipinski definition) is 1. The molecule has 1 aromatic carbocycles. The van der Waals surface area contributed by atoms with E-state index >= 15 is 0 Å². The molecule has 0 saturated heterocycles. The molecule has 0 saturated carbocycles. The Hall–Kier alpha value is -2.54. The van der Waals surface area contributed by atoms with Crippen LogP contribution in [0.3, 0.4) is 0 Å². The normalized spacial score (nSPS) is 10.8. The van der Waals surface area contributed by atoms with Crippen molar-refractivity contribution in [2.45, 2.75) is 0 Å². The number of thiazole rings is 1. The van der Waals surface area contributed by atoms with E-state index in [1.54, 1.807) is 42.9 Å². The van der Waals surface area contributed by atoms with Crippen molar-refractivity contribution in [2.24, 2.45) is 0 Å². The number of carbonyl (C=O) groups excluding carboxylic acids is 1. The number of benzene rings is 1. The van der Waals surface area contributed by atoms with Crippen LogP contribution in [0.25, 0.3) is 22.1 Å². The highest BCUT2D eigenvalue weighted by molar-refractivity contribution is 7.19. The van der Waals surface area contributed by atoms with Crippen LogP contribution in [0.1, 0.15) is 10.4 Å². The predicted molar refractivity (Wildman–Crippen MR) is 102 cm³/mol. The van der Waals surface area contributed by atoms with Gasteiger partial charge < -0.3 is 8.83 Å². The maximum Gasteiger partial charge on any atom is 0.259 e. The molecule has 3 aromatic heterocycles. The lowest BCUT2D eigenvalue weighted by Gasteiger charge is -2.04. The number of anilines is 1. The minimum Gasteiger partial charge on any atom is -0.463 e. The number of nitrogens with zero attached hydrogens (tertiary/aromatic N) is 1. The Kier molecular flexibility index (Phi) is 4.55. The van der Waals surface area contributed by atoms with Gasteiger partial charge >= 0.3 is 0 Å². The second-order valence-electron chi connectivity index (χ2n) is 5.23. The molecule has 130 valence electrons. The summed E-state index contributed by atoms with van der Waals surface area (Å²) in [6, 6.07) is 11.9. The van der Waals surface area contributed by atoms with Gasteiger partial charge in [0.25, 0.3) is 5.91 Å². The second-order valence-corrected chi connectivity index (χ2v) is 7.07. The van der Waals surface area contributed by atoms with Crippen LogP contribution in [0, 0.1) is 0 Å². The van der Waals surface area contributed by atoms with E-state index in [4.69, 9.17) is 32.0 Å². The van der Waals surface area contributed by atoms with Crippen LogP contribution >= 0.6 is 34.5 Å². The summed E-state index contributed by atoms with van der Waals surface area (Å²) < 4.78 is 10.9. The number of nitrogens with one attached hydrogen (secondary N) is 1. The molecule has 0 spiro atoms. The third-order valence-electron chi connectivity index (χ3n) is 3.52. The molecule has 0 unspecified atom stereocenters. The third kappa shape index (κ3) is 3.26. The molecule has 3 heterocycles. The lowest BCUT2D eigenvalue weighted by atomic mass is 10.2. The standard InChI is InChI=1S/C18H10Cl2N2O3S/c19-10-5-6-12(20)11(9-10)17(23)22-18-21-15(13-3-1-7-24-13)16(26-18)14-4-2-8-25-14/h1-9H,(H,21,22,23). The number of furan rings is 2. The summed E-state index contributed by atoms with van der Waals surface area (Å²) in [5.74, 6) is 0.812. The maximum absolute atomic E-state index is 12.5. The van der Waals surface area contributed by atoms with Gasteiger partial charge in [0.1, 0.15) is 16.3 Å². The molecule has 0 aliphatic carbocycles. The summed E-state index contributed by atoms with van der Waals surface area (Å²) in [5.41, 5.74) is 0.857. The monoisotopic (exact) mass is 404 g/mol. The van der Waals surface area contributed by atoms with Gasteiger partial charge in [-0.1, -0.05) is 34.5 Å². The van der Waals surface area contributed by atoms with Gasteiger partial charge in [0.15, 0.2) is 10.9 Å². The van der Waals surface area contributed by atoms with Crippen molar-refractivity contribution < 1.29 is 13.6 Å². The van der Waals surface area contributed by atoms with Gasteiger partial charge in [0, 0.05) is 5.02 Å². The molecule has 5 nitrogen and oxygen atoms in total. The van der Waals surface area contributed by atoms with Gasteiger partial charge in [-0.25, -0.2) is 4.98 Å². The van der Waals surface area contributed by atoms with Crippen LogP contribution in [0.5, 0.6) is 0 Å². The van der Waals surface area contributed by atoms with E-state index in [1.807, 2.05) is 6.07 Å². The van der Waals surface area contributed by atoms with Crippen LogP contribution in [-0.2, 0) is 0 Å². The zero-order valence-corrected chi connectivity index (χ0v) is 15.4. The first kappa shape index (κ1) is 16.9. The van der Waals surface area contributed by atoms with Crippen molar-refractivity contribution in [3.05, 3.63) is 70.6 Å². The molecule has 0 fully saturated rings. The van der Waals surface area contributed by atoms with Crippen molar-refractivity contribution in [3.63, 3.8) is 0 Å². The summed E-state index contributed by atoms with van der Waals surface area (Å²) in [4.78, 5) is 17.8. The minimum absolute atomic E-state index is 0.272. The van der Waals surface area contributed by atoms with E-state index in [1.165, 1.54) is 17.4 Å². The molecule has 1 amide bonds. The Morgan fingerprint density at radius 2 is 1.77 bits per heavy atom. The van der Waals surface area contributed by atoms with E-state index in [2.05, 4.69) is 10.3 Å². The number of hydrogen-bond acceptors (Lipinski definition) is 5. The van der Waals surface area contributed by atoms with Gasteiger partial charge in [0.05, 0.1) is 23.1 Å². The number of amides is 1. The maximum atomic E-state index is 12.5. The van der Waals surface area contributed by atoms with Crippen LogP contribution in [-0.4, -0.2) is 10.9 Å². The molecule has 4 rings (SSSR count). The molecule has 8 heteroatoms. The van der Waals surface area contributed by atoms with Gasteiger partial charge in [-0.05, 0) is 42.5 Å². The van der Waals surface area contributed by atoms with Gasteiger partial charge in [-0.3, -0.25) is 10.1 Å². The first-order valence-electron chi connectivity index (χ1n) is 7.47. The van der Waals surface area contributed by atoms with Crippen LogP contribution in [0.2, 0.25) is 10.0 Å². The second kappa shape index (κ2) is 6.99.